The highest BCUT2D eigenvalue weighted by atomic mass is 35.5. The number of fused-ring (bicyclic) bond motifs is 4. The van der Waals surface area contributed by atoms with Crippen molar-refractivity contribution in [2.75, 3.05) is 19.5 Å². The monoisotopic (exact) mass is 442 g/mol. The molecule has 0 saturated heterocycles. The molecule has 1 amide bonds. The predicted octanol–water partition coefficient (Wildman–Crippen LogP) is 1.32. The Morgan fingerprint density at radius 2 is 2.20 bits per heavy atom. The normalized spacial score (nSPS) is 20.2. The number of hydrogen-bond acceptors (Lipinski definition) is 6. The van der Waals surface area contributed by atoms with Gasteiger partial charge < -0.3 is 19.5 Å². The second-order valence-corrected chi connectivity index (χ2v) is 8.39. The van der Waals surface area contributed by atoms with E-state index >= 15 is 0 Å². The SMILES string of the molecule is COC(=O)[C@H]1Cc2c([nH]c3ccccc23)[C@H](N2C=c3cnsc3=CC2)N1C(=O)CCl. The Labute approximate surface area is 181 Å². The average molecular weight is 443 g/mol. The smallest absolute Gasteiger partial charge is 0.329 e. The molecule has 2 aromatic heterocycles. The molecule has 5 rings (SSSR count). The number of nitrogens with one attached hydrogen (secondary N) is 1. The summed E-state index contributed by atoms with van der Waals surface area (Å²) in [5.41, 5.74) is 2.88. The summed E-state index contributed by atoms with van der Waals surface area (Å²) < 4.78 is 10.4. The number of nitrogens with zero attached hydrogens (tertiary/aromatic N) is 3. The summed E-state index contributed by atoms with van der Waals surface area (Å²) in [6.07, 6.45) is 5.74. The molecule has 2 aliphatic rings. The van der Waals surface area contributed by atoms with Crippen molar-refractivity contribution >= 4 is 58.2 Å². The van der Waals surface area contributed by atoms with E-state index < -0.39 is 18.2 Å². The van der Waals surface area contributed by atoms with Gasteiger partial charge in [0, 0.05) is 41.5 Å². The Morgan fingerprint density at radius 3 is 3.00 bits per heavy atom. The van der Waals surface area contributed by atoms with Crippen LogP contribution in [0.3, 0.4) is 0 Å². The molecule has 2 aliphatic heterocycles. The highest BCUT2D eigenvalue weighted by Crippen LogP contribution is 2.40. The number of H-pyrrole nitrogens is 1. The quantitative estimate of drug-likeness (QED) is 0.489. The van der Waals surface area contributed by atoms with E-state index in [1.807, 2.05) is 41.6 Å². The summed E-state index contributed by atoms with van der Waals surface area (Å²) in [4.78, 5) is 32.8. The van der Waals surface area contributed by atoms with Gasteiger partial charge in [-0.2, -0.15) is 4.37 Å². The van der Waals surface area contributed by atoms with Gasteiger partial charge in [0.1, 0.15) is 18.1 Å². The molecular formula is C21H19ClN4O3S. The van der Waals surface area contributed by atoms with Crippen molar-refractivity contribution in [3.8, 4) is 0 Å². The molecule has 0 spiro atoms. The predicted molar refractivity (Wildman–Crippen MR) is 115 cm³/mol. The summed E-state index contributed by atoms with van der Waals surface area (Å²) in [7, 11) is 1.34. The van der Waals surface area contributed by atoms with E-state index in [0.29, 0.717) is 13.0 Å². The third kappa shape index (κ3) is 2.90. The summed E-state index contributed by atoms with van der Waals surface area (Å²) in [5.74, 6) is -0.986. The van der Waals surface area contributed by atoms with Gasteiger partial charge in [0.25, 0.3) is 0 Å². The van der Waals surface area contributed by atoms with Gasteiger partial charge in [0.2, 0.25) is 5.91 Å². The van der Waals surface area contributed by atoms with Gasteiger partial charge in [-0.15, -0.1) is 11.6 Å². The third-order valence-electron chi connectivity index (χ3n) is 5.71. The Morgan fingerprint density at radius 1 is 1.37 bits per heavy atom. The number of amides is 1. The van der Waals surface area contributed by atoms with E-state index in [1.165, 1.54) is 18.6 Å². The molecule has 2 atom stereocenters. The summed E-state index contributed by atoms with van der Waals surface area (Å²) in [5, 5.41) is 2.03. The lowest BCUT2D eigenvalue weighted by atomic mass is 9.93. The number of esters is 1. The lowest BCUT2D eigenvalue weighted by molar-refractivity contribution is -0.157. The van der Waals surface area contributed by atoms with E-state index in [4.69, 9.17) is 16.3 Å². The van der Waals surface area contributed by atoms with Crippen LogP contribution in [0.5, 0.6) is 0 Å². The molecule has 0 saturated carbocycles. The minimum atomic E-state index is -0.756. The number of aromatic nitrogens is 2. The number of aromatic amines is 1. The average Bonchev–Trinajstić information content (AvgIpc) is 3.40. The molecule has 1 aromatic carbocycles. The number of carbonyl (C=O) groups excluding carboxylic acids is 2. The van der Waals surface area contributed by atoms with E-state index in [1.54, 1.807) is 4.90 Å². The van der Waals surface area contributed by atoms with Gasteiger partial charge in [0.05, 0.1) is 17.3 Å². The number of rotatable bonds is 3. The third-order valence-corrected chi connectivity index (χ3v) is 6.75. The van der Waals surface area contributed by atoms with Crippen LogP contribution in [0, 0.1) is 0 Å². The zero-order valence-electron chi connectivity index (χ0n) is 16.2. The molecule has 0 radical (unpaired) electrons. The summed E-state index contributed by atoms with van der Waals surface area (Å²) >= 11 is 7.41. The second-order valence-electron chi connectivity index (χ2n) is 7.29. The largest absolute Gasteiger partial charge is 0.467 e. The standard InChI is InChI=1S/C21H19ClN4O3S/c1-29-21(28)16-8-14-13-4-2-3-5-15(13)24-19(14)20(26(16)18(27)9-22)25-7-6-17-12(11-25)10-23-30-17/h2-6,10-11,16,20,24H,7-9H2,1H3/t16-,20-/m1/s1. The Kier molecular flexibility index (Phi) is 4.75. The number of halogens is 1. The number of methoxy groups -OCH3 is 1. The summed E-state index contributed by atoms with van der Waals surface area (Å²) in [6.45, 7) is 0.578. The van der Waals surface area contributed by atoms with Crippen LogP contribution in [0.25, 0.3) is 23.2 Å². The topological polar surface area (TPSA) is 78.5 Å². The van der Waals surface area contributed by atoms with Crippen LogP contribution in [0.4, 0.5) is 0 Å². The first-order valence-electron chi connectivity index (χ1n) is 9.55. The van der Waals surface area contributed by atoms with Crippen LogP contribution in [-0.2, 0) is 20.7 Å². The first-order chi connectivity index (χ1) is 14.6. The van der Waals surface area contributed by atoms with Crippen LogP contribution in [-0.4, -0.2) is 56.6 Å². The van der Waals surface area contributed by atoms with Gasteiger partial charge in [0.15, 0.2) is 0 Å². The molecule has 154 valence electrons. The molecule has 0 aliphatic carbocycles. The van der Waals surface area contributed by atoms with Gasteiger partial charge >= 0.3 is 5.97 Å². The maximum atomic E-state index is 13.0. The number of alkyl halides is 1. The number of benzene rings is 1. The van der Waals surface area contributed by atoms with Gasteiger partial charge in [-0.05, 0) is 29.2 Å². The minimum absolute atomic E-state index is 0.220. The fourth-order valence-corrected chi connectivity index (χ4v) is 5.18. The Bertz CT molecular complexity index is 1270. The molecular weight excluding hydrogens is 424 g/mol. The molecule has 9 heteroatoms. The maximum Gasteiger partial charge on any atom is 0.329 e. The lowest BCUT2D eigenvalue weighted by Gasteiger charge is -2.45. The number of hydrogen-bond donors (Lipinski definition) is 1. The van der Waals surface area contributed by atoms with E-state index in [0.717, 1.165) is 31.9 Å². The van der Waals surface area contributed by atoms with Crippen molar-refractivity contribution in [1.29, 1.82) is 0 Å². The van der Waals surface area contributed by atoms with Crippen molar-refractivity contribution in [3.05, 3.63) is 51.5 Å². The van der Waals surface area contributed by atoms with Crippen molar-refractivity contribution < 1.29 is 14.3 Å². The molecule has 0 unspecified atom stereocenters. The maximum absolute atomic E-state index is 13.0. The number of ether oxygens (including phenoxy) is 1. The van der Waals surface area contributed by atoms with E-state index in [2.05, 4.69) is 15.4 Å². The van der Waals surface area contributed by atoms with Crippen LogP contribution in [0.2, 0.25) is 0 Å². The molecule has 0 bridgehead atoms. The molecule has 0 fully saturated rings. The van der Waals surface area contributed by atoms with Crippen LogP contribution >= 0.6 is 23.1 Å². The van der Waals surface area contributed by atoms with Crippen molar-refractivity contribution in [2.45, 2.75) is 18.6 Å². The minimum Gasteiger partial charge on any atom is -0.467 e. The van der Waals surface area contributed by atoms with Crippen LogP contribution in [0.15, 0.2) is 30.5 Å². The Balaban J connectivity index is 1.73. The molecule has 30 heavy (non-hydrogen) atoms. The second kappa shape index (κ2) is 7.45. The Hall–Kier alpha value is -2.84. The van der Waals surface area contributed by atoms with Crippen molar-refractivity contribution in [1.82, 2.24) is 19.2 Å². The van der Waals surface area contributed by atoms with Crippen molar-refractivity contribution in [2.24, 2.45) is 0 Å². The number of carbonyl (C=O) groups is 2. The lowest BCUT2D eigenvalue weighted by Crippen LogP contribution is -2.56. The zero-order valence-corrected chi connectivity index (χ0v) is 17.7. The summed E-state index contributed by atoms with van der Waals surface area (Å²) in [6, 6.07) is 7.20. The van der Waals surface area contributed by atoms with Crippen molar-refractivity contribution in [3.63, 3.8) is 0 Å². The molecule has 1 N–H and O–H groups in total. The highest BCUT2D eigenvalue weighted by Gasteiger charge is 2.45. The van der Waals surface area contributed by atoms with Gasteiger partial charge in [-0.1, -0.05) is 18.2 Å². The zero-order chi connectivity index (χ0) is 20.8. The van der Waals surface area contributed by atoms with Crippen LogP contribution < -0.4 is 9.75 Å². The first kappa shape index (κ1) is 19.1. The first-order valence-corrected chi connectivity index (χ1v) is 10.9. The number of para-hydroxylation sites is 1. The van der Waals surface area contributed by atoms with Gasteiger partial charge in [-0.25, -0.2) is 4.79 Å². The molecule has 7 nitrogen and oxygen atoms in total. The van der Waals surface area contributed by atoms with E-state index in [9.17, 15) is 9.59 Å². The molecule has 3 aromatic rings. The van der Waals surface area contributed by atoms with Crippen LogP contribution in [0.1, 0.15) is 17.4 Å². The van der Waals surface area contributed by atoms with Gasteiger partial charge in [-0.3, -0.25) is 4.79 Å². The van der Waals surface area contributed by atoms with E-state index in [-0.39, 0.29) is 11.8 Å². The highest BCUT2D eigenvalue weighted by molar-refractivity contribution is 7.03. The fraction of sp³-hybridized carbons (Fsp3) is 0.286. The molecule has 4 heterocycles. The fourth-order valence-electron chi connectivity index (χ4n) is 4.40.